The molecule has 2 aromatic rings. The van der Waals surface area contributed by atoms with Crippen molar-refractivity contribution >= 4 is 5.97 Å². The topological polar surface area (TPSA) is 79.5 Å². The Kier molecular flexibility index (Phi) is 7.57. The second-order valence-corrected chi connectivity index (χ2v) is 7.12. The Morgan fingerprint density at radius 3 is 2.55 bits per heavy atom. The van der Waals surface area contributed by atoms with Crippen LogP contribution in [0.25, 0.3) is 0 Å². The highest BCUT2D eigenvalue weighted by Crippen LogP contribution is 2.39. The Bertz CT molecular complexity index is 855. The molecule has 0 radical (unpaired) electrons. The van der Waals surface area contributed by atoms with Crippen LogP contribution < -0.4 is 0 Å². The molecule has 0 aromatic heterocycles. The summed E-state index contributed by atoms with van der Waals surface area (Å²) in [6.07, 6.45) is 5.95. The fourth-order valence-corrected chi connectivity index (χ4v) is 3.42. The fraction of sp³-hybridized carbons (Fsp3) is 0.333. The van der Waals surface area contributed by atoms with Crippen molar-refractivity contribution in [3.63, 3.8) is 0 Å². The quantitative estimate of drug-likeness (QED) is 0.496. The van der Waals surface area contributed by atoms with Crippen molar-refractivity contribution in [2.45, 2.75) is 38.1 Å². The van der Waals surface area contributed by atoms with E-state index in [4.69, 9.17) is 19.8 Å². The van der Waals surface area contributed by atoms with Crippen molar-refractivity contribution in [1.82, 2.24) is 0 Å². The summed E-state index contributed by atoms with van der Waals surface area (Å²) in [6, 6.07) is 19.5. The minimum atomic E-state index is -0.759. The van der Waals surface area contributed by atoms with Crippen LogP contribution in [0.5, 0.6) is 0 Å². The maximum absolute atomic E-state index is 10.6. The van der Waals surface area contributed by atoms with Gasteiger partial charge in [-0.1, -0.05) is 54.6 Å². The van der Waals surface area contributed by atoms with Gasteiger partial charge >= 0.3 is 5.97 Å². The first-order chi connectivity index (χ1) is 14.2. The third kappa shape index (κ3) is 6.02. The number of carbonyl (C=O) groups is 1. The van der Waals surface area contributed by atoms with E-state index in [0.717, 1.165) is 24.0 Å². The van der Waals surface area contributed by atoms with E-state index in [1.54, 1.807) is 12.1 Å². The maximum atomic E-state index is 10.6. The molecule has 1 N–H and O–H groups in total. The van der Waals surface area contributed by atoms with Gasteiger partial charge in [-0.15, -0.1) is 0 Å². The molecule has 3 rings (SSSR count). The molecule has 5 heteroatoms. The molecule has 0 spiro atoms. The Hall–Kier alpha value is -2.94. The normalized spacial score (nSPS) is 21.7. The van der Waals surface area contributed by atoms with E-state index in [0.29, 0.717) is 18.6 Å². The van der Waals surface area contributed by atoms with Crippen LogP contribution in [0.15, 0.2) is 66.7 Å². The van der Waals surface area contributed by atoms with Gasteiger partial charge in [0, 0.05) is 17.9 Å². The van der Waals surface area contributed by atoms with Gasteiger partial charge in [0.2, 0.25) is 0 Å². The van der Waals surface area contributed by atoms with E-state index in [1.807, 2.05) is 36.4 Å². The number of benzene rings is 2. The smallest absolute Gasteiger partial charge is 0.303 e. The largest absolute Gasteiger partial charge is 0.481 e. The third-order valence-corrected chi connectivity index (χ3v) is 4.97. The molecule has 2 aromatic carbocycles. The van der Waals surface area contributed by atoms with Crippen molar-refractivity contribution in [3.8, 4) is 6.07 Å². The van der Waals surface area contributed by atoms with Gasteiger partial charge in [0.1, 0.15) is 0 Å². The van der Waals surface area contributed by atoms with Crippen LogP contribution in [0.4, 0.5) is 0 Å². The van der Waals surface area contributed by atoms with Gasteiger partial charge in [0.05, 0.1) is 24.3 Å². The Morgan fingerprint density at radius 2 is 1.86 bits per heavy atom. The summed E-state index contributed by atoms with van der Waals surface area (Å²) in [5.41, 5.74) is 2.61. The van der Waals surface area contributed by atoms with Crippen molar-refractivity contribution in [2.24, 2.45) is 5.92 Å². The number of rotatable bonds is 8. The summed E-state index contributed by atoms with van der Waals surface area (Å²) >= 11 is 0. The first kappa shape index (κ1) is 20.8. The fourth-order valence-electron chi connectivity index (χ4n) is 3.42. The number of carboxylic acid groups (broad SMARTS) is 1. The van der Waals surface area contributed by atoms with Crippen molar-refractivity contribution in [2.75, 3.05) is 6.61 Å². The predicted octanol–water partition coefficient (Wildman–Crippen LogP) is 5.16. The first-order valence-electron chi connectivity index (χ1n) is 9.86. The van der Waals surface area contributed by atoms with E-state index in [1.165, 1.54) is 0 Å². The van der Waals surface area contributed by atoms with E-state index in [9.17, 15) is 4.79 Å². The summed E-state index contributed by atoms with van der Waals surface area (Å²) in [4.78, 5) is 10.6. The molecule has 1 aliphatic heterocycles. The molecule has 3 unspecified atom stereocenters. The molecular formula is C24H25NO4. The van der Waals surface area contributed by atoms with Gasteiger partial charge in [0.15, 0.2) is 6.29 Å². The van der Waals surface area contributed by atoms with Gasteiger partial charge < -0.3 is 14.6 Å². The zero-order valence-corrected chi connectivity index (χ0v) is 16.2. The summed E-state index contributed by atoms with van der Waals surface area (Å²) in [6.45, 7) is 0.559. The lowest BCUT2D eigenvalue weighted by molar-refractivity contribution is -0.243. The molecule has 0 saturated carbocycles. The molecular weight excluding hydrogens is 366 g/mol. The van der Waals surface area contributed by atoms with Gasteiger partial charge in [-0.05, 0) is 37.0 Å². The number of unbranched alkanes of at least 4 members (excludes halogenated alkanes) is 1. The zero-order chi connectivity index (χ0) is 20.5. The molecule has 5 nitrogen and oxygen atoms in total. The average molecular weight is 391 g/mol. The monoisotopic (exact) mass is 391 g/mol. The Balaban J connectivity index is 1.66. The van der Waals surface area contributed by atoms with Gasteiger partial charge in [-0.2, -0.15) is 5.26 Å². The summed E-state index contributed by atoms with van der Waals surface area (Å²) in [5, 5.41) is 17.7. The first-order valence-corrected chi connectivity index (χ1v) is 9.86. The second kappa shape index (κ2) is 10.6. The maximum Gasteiger partial charge on any atom is 0.303 e. The van der Waals surface area contributed by atoms with E-state index in [-0.39, 0.29) is 18.4 Å². The highest BCUT2D eigenvalue weighted by molar-refractivity contribution is 5.66. The third-order valence-electron chi connectivity index (χ3n) is 4.97. The minimum Gasteiger partial charge on any atom is -0.481 e. The molecule has 1 fully saturated rings. The number of allylic oxidation sites excluding steroid dienone is 2. The van der Waals surface area contributed by atoms with E-state index in [2.05, 4.69) is 24.3 Å². The van der Waals surface area contributed by atoms with Crippen LogP contribution in [0.3, 0.4) is 0 Å². The van der Waals surface area contributed by atoms with Crippen LogP contribution in [0.1, 0.15) is 54.8 Å². The van der Waals surface area contributed by atoms with Crippen LogP contribution >= 0.6 is 0 Å². The van der Waals surface area contributed by atoms with E-state index < -0.39 is 12.3 Å². The molecule has 29 heavy (non-hydrogen) atoms. The lowest BCUT2D eigenvalue weighted by Crippen LogP contribution is -2.30. The predicted molar refractivity (Wildman–Crippen MR) is 109 cm³/mol. The highest BCUT2D eigenvalue weighted by Gasteiger charge is 2.33. The van der Waals surface area contributed by atoms with Gasteiger partial charge in [-0.25, -0.2) is 0 Å². The number of aliphatic carboxylic acids is 1. The number of hydrogen-bond donors (Lipinski definition) is 1. The second-order valence-electron chi connectivity index (χ2n) is 7.12. The Morgan fingerprint density at radius 1 is 1.10 bits per heavy atom. The number of carboxylic acids is 1. The molecule has 1 aliphatic rings. The summed E-state index contributed by atoms with van der Waals surface area (Å²) in [7, 11) is 0. The number of nitriles is 1. The minimum absolute atomic E-state index is 0.103. The molecule has 150 valence electrons. The highest BCUT2D eigenvalue weighted by atomic mass is 16.7. The van der Waals surface area contributed by atoms with Crippen LogP contribution in [0, 0.1) is 17.2 Å². The van der Waals surface area contributed by atoms with Crippen molar-refractivity contribution in [1.29, 1.82) is 5.26 Å². The number of hydrogen-bond acceptors (Lipinski definition) is 4. The zero-order valence-electron chi connectivity index (χ0n) is 16.2. The van der Waals surface area contributed by atoms with Crippen LogP contribution in [-0.2, 0) is 14.3 Å². The lowest BCUT2D eigenvalue weighted by atomic mass is 9.92. The lowest BCUT2D eigenvalue weighted by Gasteiger charge is -2.37. The van der Waals surface area contributed by atoms with Crippen LogP contribution in [0.2, 0.25) is 0 Å². The molecule has 0 aliphatic carbocycles. The molecule has 1 heterocycles. The molecule has 0 amide bonds. The summed E-state index contributed by atoms with van der Waals surface area (Å²) < 4.78 is 12.3. The standard InChI is InChI=1S/C24H25NO4/c25-16-18-12-14-20(15-13-18)24-28-17-21(10-4-1-2-7-11-22(26)27)23(29-24)19-8-5-3-6-9-19/h1,3-6,8-9,12-15,21,23-24H,2,7,10-11,17H2,(H,26,27)/b4-1-. The molecule has 1 saturated heterocycles. The van der Waals surface area contributed by atoms with E-state index >= 15 is 0 Å². The number of ether oxygens (including phenoxy) is 2. The molecule has 3 atom stereocenters. The summed E-state index contributed by atoms with van der Waals surface area (Å²) in [5.74, 6) is -0.590. The van der Waals surface area contributed by atoms with Crippen LogP contribution in [-0.4, -0.2) is 17.7 Å². The van der Waals surface area contributed by atoms with Gasteiger partial charge in [-0.3, -0.25) is 4.79 Å². The molecule has 0 bridgehead atoms. The van der Waals surface area contributed by atoms with Crippen molar-refractivity contribution in [3.05, 3.63) is 83.4 Å². The SMILES string of the molecule is N#Cc1ccc(C2OCC(C/C=C\CCCC(=O)O)C(c3ccccc3)O2)cc1. The average Bonchev–Trinajstić information content (AvgIpc) is 2.76. The van der Waals surface area contributed by atoms with Crippen molar-refractivity contribution < 1.29 is 19.4 Å². The van der Waals surface area contributed by atoms with Gasteiger partial charge in [0.25, 0.3) is 0 Å². The number of nitrogens with zero attached hydrogens (tertiary/aromatic N) is 1. The Labute approximate surface area is 171 Å².